The summed E-state index contributed by atoms with van der Waals surface area (Å²) in [6, 6.07) is 10.3. The number of anilines is 2. The number of aromatic nitrogens is 2. The third kappa shape index (κ3) is 3.14. The molecule has 0 aliphatic carbocycles. The van der Waals surface area contributed by atoms with Crippen molar-refractivity contribution in [2.24, 2.45) is 0 Å². The van der Waals surface area contributed by atoms with E-state index in [2.05, 4.69) is 40.4 Å². The molecular weight excluding hydrogens is 316 g/mol. The van der Waals surface area contributed by atoms with Gasteiger partial charge < -0.3 is 15.0 Å². The highest BCUT2D eigenvalue weighted by Crippen LogP contribution is 2.47. The summed E-state index contributed by atoms with van der Waals surface area (Å²) in [5.74, 6) is 0. The highest BCUT2D eigenvalue weighted by Gasteiger charge is 2.24. The number of fused-ring (bicyclic) bond motifs is 2. The van der Waals surface area contributed by atoms with Crippen molar-refractivity contribution in [1.29, 1.82) is 0 Å². The molecule has 0 radical (unpaired) electrons. The summed E-state index contributed by atoms with van der Waals surface area (Å²) < 4.78 is 6.82. The van der Waals surface area contributed by atoms with Crippen LogP contribution in [0.15, 0.2) is 42.7 Å². The van der Waals surface area contributed by atoms with E-state index in [-0.39, 0.29) is 0 Å². The Morgan fingerprint density at radius 2 is 1.92 bits per heavy atom. The number of aldehydes is 1. The number of carbonyl (C=O) groups excluding carboxylic acids is 1. The lowest BCUT2D eigenvalue weighted by Gasteiger charge is -2.10. The van der Waals surface area contributed by atoms with E-state index < -0.39 is 0 Å². The van der Waals surface area contributed by atoms with E-state index in [4.69, 9.17) is 4.74 Å². The number of rotatable bonds is 2. The van der Waals surface area contributed by atoms with Gasteiger partial charge >= 0.3 is 0 Å². The van der Waals surface area contributed by atoms with Gasteiger partial charge in [-0.1, -0.05) is 6.07 Å². The average molecular weight is 336 g/mol. The van der Waals surface area contributed by atoms with Gasteiger partial charge in [-0.05, 0) is 35.4 Å². The summed E-state index contributed by atoms with van der Waals surface area (Å²) in [5, 5.41) is 3.16. The Kier molecular flexibility index (Phi) is 4.21. The van der Waals surface area contributed by atoms with Crippen LogP contribution in [0.3, 0.4) is 0 Å². The number of nitrogens with zero attached hydrogens (tertiary/aromatic N) is 3. The van der Waals surface area contributed by atoms with Crippen molar-refractivity contribution in [1.82, 2.24) is 14.7 Å². The maximum atomic E-state index is 11.0. The largest absolute Gasteiger partial charge is 0.379 e. The second-order valence-electron chi connectivity index (χ2n) is 6.07. The second kappa shape index (κ2) is 6.66. The molecule has 5 rings (SSSR count). The third-order valence-corrected chi connectivity index (χ3v) is 4.48. The van der Waals surface area contributed by atoms with Crippen LogP contribution < -0.4 is 10.2 Å². The third-order valence-electron chi connectivity index (χ3n) is 4.48. The van der Waals surface area contributed by atoms with Gasteiger partial charge in [0.05, 0.1) is 30.8 Å². The lowest BCUT2D eigenvalue weighted by molar-refractivity contribution is 0.109. The van der Waals surface area contributed by atoms with Crippen molar-refractivity contribution in [2.45, 2.75) is 0 Å². The number of nitrogens with one attached hydrogen (secondary N) is 1. The molecule has 6 nitrogen and oxygen atoms in total. The maximum Gasteiger partial charge on any atom is 0.168 e. The van der Waals surface area contributed by atoms with Gasteiger partial charge in [0.1, 0.15) is 11.3 Å². The second-order valence-corrected chi connectivity index (χ2v) is 6.07. The fraction of sp³-hybridized carbons (Fsp3) is 0.263. The van der Waals surface area contributed by atoms with E-state index in [1.54, 1.807) is 6.20 Å². The zero-order valence-corrected chi connectivity index (χ0v) is 14.1. The lowest BCUT2D eigenvalue weighted by atomic mass is 10.1. The fourth-order valence-electron chi connectivity index (χ4n) is 2.97. The molecule has 2 aliphatic heterocycles. The highest BCUT2D eigenvalue weighted by molar-refractivity contribution is 5.95. The Morgan fingerprint density at radius 1 is 1.12 bits per heavy atom. The molecular formula is C19H20N4O2. The van der Waals surface area contributed by atoms with Crippen molar-refractivity contribution in [2.75, 3.05) is 38.3 Å². The number of carbonyl (C=O) groups is 1. The van der Waals surface area contributed by atoms with Crippen molar-refractivity contribution in [3.05, 3.63) is 48.4 Å². The molecule has 6 heteroatoms. The molecule has 0 unspecified atom stereocenters. The van der Waals surface area contributed by atoms with Crippen LogP contribution in [0.4, 0.5) is 11.4 Å². The Bertz CT molecular complexity index is 903. The summed E-state index contributed by atoms with van der Waals surface area (Å²) in [6.07, 6.45) is 4.37. The summed E-state index contributed by atoms with van der Waals surface area (Å²) in [6.45, 7) is 3.83. The smallest absolute Gasteiger partial charge is 0.168 e. The number of benzene rings is 1. The van der Waals surface area contributed by atoms with Gasteiger partial charge in [-0.25, -0.2) is 4.98 Å². The van der Waals surface area contributed by atoms with Gasteiger partial charge in [-0.2, -0.15) is 0 Å². The van der Waals surface area contributed by atoms with Crippen molar-refractivity contribution < 1.29 is 9.53 Å². The SMILES string of the molecule is C1COCCN1.CN1c2ccc(-c3ccc4ncc(C=O)n4c3)cc21. The molecule has 1 N–H and O–H groups in total. The zero-order valence-electron chi connectivity index (χ0n) is 14.1. The van der Waals surface area contributed by atoms with Crippen LogP contribution in [-0.2, 0) is 4.74 Å². The number of hydrogen-bond donors (Lipinski definition) is 1. The Hall–Kier alpha value is -2.70. The molecule has 2 aromatic heterocycles. The van der Waals surface area contributed by atoms with E-state index in [9.17, 15) is 4.79 Å². The number of pyridine rings is 1. The molecule has 1 fully saturated rings. The molecule has 1 aromatic carbocycles. The molecule has 4 heterocycles. The van der Waals surface area contributed by atoms with E-state index in [1.807, 2.05) is 22.7 Å². The van der Waals surface area contributed by atoms with E-state index in [0.29, 0.717) is 5.69 Å². The van der Waals surface area contributed by atoms with Crippen LogP contribution in [0.5, 0.6) is 0 Å². The van der Waals surface area contributed by atoms with Crippen molar-refractivity contribution in [3.8, 4) is 11.1 Å². The number of morpholine rings is 1. The molecule has 2 aliphatic rings. The van der Waals surface area contributed by atoms with Gasteiger partial charge in [0.2, 0.25) is 0 Å². The minimum absolute atomic E-state index is 0.570. The normalized spacial score (nSPS) is 15.3. The first kappa shape index (κ1) is 15.8. The van der Waals surface area contributed by atoms with Gasteiger partial charge in [-0.3, -0.25) is 9.20 Å². The standard InChI is InChI=1S/C15H11N3O.C4H9NO/c1-17-13-4-2-10(6-14(13)17)11-3-5-15-16-7-12(9-19)18(15)8-11;1-3-6-4-2-5-1/h2-9H,1H3;5H,1-4H2. The van der Waals surface area contributed by atoms with Crippen LogP contribution in [0.25, 0.3) is 16.8 Å². The molecule has 0 spiro atoms. The minimum Gasteiger partial charge on any atom is -0.379 e. The van der Waals surface area contributed by atoms with Gasteiger partial charge in [0, 0.05) is 26.3 Å². The molecule has 128 valence electrons. The Labute approximate surface area is 146 Å². The van der Waals surface area contributed by atoms with Crippen LogP contribution in [-0.4, -0.2) is 49.0 Å². The van der Waals surface area contributed by atoms with E-state index in [0.717, 1.165) is 49.4 Å². The number of hydrogen-bond acceptors (Lipinski definition) is 5. The van der Waals surface area contributed by atoms with Crippen molar-refractivity contribution in [3.63, 3.8) is 0 Å². The van der Waals surface area contributed by atoms with Gasteiger partial charge in [0.15, 0.2) is 6.29 Å². The molecule has 0 bridgehead atoms. The molecule has 1 saturated heterocycles. The quantitative estimate of drug-likeness (QED) is 0.576. The Morgan fingerprint density at radius 3 is 2.56 bits per heavy atom. The maximum absolute atomic E-state index is 11.0. The van der Waals surface area contributed by atoms with Crippen LogP contribution in [0, 0.1) is 0 Å². The molecule has 0 amide bonds. The van der Waals surface area contributed by atoms with E-state index >= 15 is 0 Å². The predicted molar refractivity (Wildman–Crippen MR) is 97.8 cm³/mol. The Balaban J connectivity index is 0.000000223. The zero-order chi connectivity index (χ0) is 17.2. The summed E-state index contributed by atoms with van der Waals surface area (Å²) >= 11 is 0. The van der Waals surface area contributed by atoms with Crippen molar-refractivity contribution >= 4 is 23.3 Å². The lowest BCUT2D eigenvalue weighted by Crippen LogP contribution is -2.30. The monoisotopic (exact) mass is 336 g/mol. The first-order chi connectivity index (χ1) is 12.3. The molecule has 25 heavy (non-hydrogen) atoms. The van der Waals surface area contributed by atoms with Crippen LogP contribution in [0.2, 0.25) is 0 Å². The summed E-state index contributed by atoms with van der Waals surface area (Å²) in [4.78, 5) is 17.3. The van der Waals surface area contributed by atoms with Crippen LogP contribution >= 0.6 is 0 Å². The highest BCUT2D eigenvalue weighted by atomic mass is 16.5. The first-order valence-corrected chi connectivity index (χ1v) is 8.37. The minimum atomic E-state index is 0.570. The summed E-state index contributed by atoms with van der Waals surface area (Å²) in [5.41, 5.74) is 6.13. The fourth-order valence-corrected chi connectivity index (χ4v) is 2.97. The number of imidazole rings is 1. The summed E-state index contributed by atoms with van der Waals surface area (Å²) in [7, 11) is 2.05. The van der Waals surface area contributed by atoms with Gasteiger partial charge in [0.25, 0.3) is 0 Å². The first-order valence-electron chi connectivity index (χ1n) is 8.37. The molecule has 3 aromatic rings. The number of ether oxygens (including phenoxy) is 1. The molecule has 0 saturated carbocycles. The van der Waals surface area contributed by atoms with Crippen LogP contribution in [0.1, 0.15) is 10.5 Å². The average Bonchev–Trinajstić information content (AvgIpc) is 3.15. The molecule has 0 atom stereocenters. The van der Waals surface area contributed by atoms with Gasteiger partial charge in [-0.15, -0.1) is 0 Å². The predicted octanol–water partition coefficient (Wildman–Crippen LogP) is 2.50. The van der Waals surface area contributed by atoms with E-state index in [1.165, 1.54) is 11.4 Å². The topological polar surface area (TPSA) is 58.6 Å².